The number of carbonyl (C=O) groups is 1. The van der Waals surface area contributed by atoms with Crippen LogP contribution in [0.1, 0.15) is 11.5 Å². The summed E-state index contributed by atoms with van der Waals surface area (Å²) in [7, 11) is -2.41. The minimum absolute atomic E-state index is 0.134. The number of rotatable bonds is 6. The van der Waals surface area contributed by atoms with Crippen LogP contribution in [0.25, 0.3) is 0 Å². The molecule has 126 valence electrons. The molecule has 0 radical (unpaired) electrons. The lowest BCUT2D eigenvalue weighted by molar-refractivity contribution is -0.145. The van der Waals surface area contributed by atoms with Gasteiger partial charge in [0.05, 0.1) is 16.8 Å². The molecule has 1 fully saturated rings. The van der Waals surface area contributed by atoms with Crippen LogP contribution in [0.2, 0.25) is 0 Å². The Hall–Kier alpha value is -2.18. The summed E-state index contributed by atoms with van der Waals surface area (Å²) in [6.45, 7) is -0.154. The maximum atomic E-state index is 13.1. The van der Waals surface area contributed by atoms with Crippen LogP contribution in [0.15, 0.2) is 65.6 Å². The van der Waals surface area contributed by atoms with Gasteiger partial charge < -0.3 is 9.84 Å². The van der Waals surface area contributed by atoms with Gasteiger partial charge in [0.25, 0.3) is 0 Å². The van der Waals surface area contributed by atoms with Gasteiger partial charge in [-0.05, 0) is 17.7 Å². The Morgan fingerprint density at radius 1 is 1.08 bits per heavy atom. The molecule has 0 aliphatic heterocycles. The van der Waals surface area contributed by atoms with E-state index >= 15 is 0 Å². The first-order chi connectivity index (χ1) is 11.5. The van der Waals surface area contributed by atoms with Crippen molar-refractivity contribution in [1.29, 1.82) is 0 Å². The molecular weight excluding hydrogens is 328 g/mol. The first-order valence-electron chi connectivity index (χ1n) is 7.52. The minimum Gasteiger partial charge on any atom is -0.481 e. The van der Waals surface area contributed by atoms with E-state index in [1.165, 1.54) is 19.2 Å². The quantitative estimate of drug-likeness (QED) is 0.868. The largest absolute Gasteiger partial charge is 0.481 e. The Kier molecular flexibility index (Phi) is 4.19. The van der Waals surface area contributed by atoms with Crippen molar-refractivity contribution in [1.82, 2.24) is 0 Å². The summed E-state index contributed by atoms with van der Waals surface area (Å²) in [6.07, 6.45) is 0. The molecule has 1 aliphatic rings. The Bertz CT molecular complexity index is 832. The molecule has 0 saturated heterocycles. The molecule has 24 heavy (non-hydrogen) atoms. The Labute approximate surface area is 140 Å². The van der Waals surface area contributed by atoms with Crippen LogP contribution >= 0.6 is 0 Å². The van der Waals surface area contributed by atoms with Crippen molar-refractivity contribution < 1.29 is 23.1 Å². The van der Waals surface area contributed by atoms with E-state index in [1.807, 2.05) is 6.07 Å². The smallest absolute Gasteiger partial charge is 0.314 e. The molecule has 3 rings (SSSR count). The average molecular weight is 346 g/mol. The van der Waals surface area contributed by atoms with Crippen molar-refractivity contribution >= 4 is 15.8 Å². The minimum atomic E-state index is -3.80. The van der Waals surface area contributed by atoms with Gasteiger partial charge in [-0.1, -0.05) is 48.5 Å². The average Bonchev–Trinajstić information content (AvgIpc) is 3.28. The van der Waals surface area contributed by atoms with Gasteiger partial charge in [0.2, 0.25) is 0 Å². The van der Waals surface area contributed by atoms with Crippen LogP contribution in [0.5, 0.6) is 0 Å². The summed E-state index contributed by atoms with van der Waals surface area (Å²) in [5.74, 6) is -1.79. The number of carboxylic acids is 1. The predicted molar refractivity (Wildman–Crippen MR) is 88.5 cm³/mol. The van der Waals surface area contributed by atoms with Crippen LogP contribution < -0.4 is 0 Å². The van der Waals surface area contributed by atoms with Gasteiger partial charge >= 0.3 is 5.97 Å². The highest BCUT2D eigenvalue weighted by Crippen LogP contribution is 2.64. The molecular formula is C18H18O5S. The zero-order chi connectivity index (χ0) is 17.4. The van der Waals surface area contributed by atoms with Gasteiger partial charge in [-0.3, -0.25) is 4.79 Å². The molecule has 0 bridgehead atoms. The van der Waals surface area contributed by atoms with Crippen LogP contribution in [0.4, 0.5) is 0 Å². The summed E-state index contributed by atoms with van der Waals surface area (Å²) in [5, 5.41) is 8.75. The van der Waals surface area contributed by atoms with E-state index < -0.39 is 32.4 Å². The predicted octanol–water partition coefficient (Wildman–Crippen LogP) is 2.34. The van der Waals surface area contributed by atoms with E-state index in [1.54, 1.807) is 42.5 Å². The van der Waals surface area contributed by atoms with E-state index in [4.69, 9.17) is 4.74 Å². The number of hydrogen-bond acceptors (Lipinski definition) is 4. The molecule has 5 nitrogen and oxygen atoms in total. The van der Waals surface area contributed by atoms with Gasteiger partial charge in [-0.15, -0.1) is 0 Å². The van der Waals surface area contributed by atoms with Crippen LogP contribution in [-0.2, 0) is 19.4 Å². The number of ether oxygens (including phenoxy) is 1. The molecule has 1 N–H and O–H groups in total. The number of carboxylic acid groups (broad SMARTS) is 1. The first kappa shape index (κ1) is 16.7. The monoisotopic (exact) mass is 346 g/mol. The Morgan fingerprint density at radius 3 is 2.12 bits per heavy atom. The summed E-state index contributed by atoms with van der Waals surface area (Å²) in [6, 6.07) is 16.9. The fourth-order valence-corrected chi connectivity index (χ4v) is 5.86. The van der Waals surface area contributed by atoms with E-state index in [2.05, 4.69) is 0 Å². The van der Waals surface area contributed by atoms with Crippen molar-refractivity contribution in [3.63, 3.8) is 0 Å². The maximum Gasteiger partial charge on any atom is 0.314 e. The van der Waals surface area contributed by atoms with E-state index in [9.17, 15) is 18.3 Å². The molecule has 3 atom stereocenters. The number of aliphatic carboxylic acids is 1. The standard InChI is InChI=1S/C18H18O5S/c1-23-12-18(17(19)20)15(13-8-4-2-5-9-13)16(18)24(21,22)14-10-6-3-7-11-14/h2-11,15-16H,12H2,1H3,(H,19,20)/t15-,16-,18+/m1/s1. The van der Waals surface area contributed by atoms with Gasteiger partial charge in [0, 0.05) is 13.0 Å². The first-order valence-corrected chi connectivity index (χ1v) is 9.07. The van der Waals surface area contributed by atoms with E-state index in [0.29, 0.717) is 5.56 Å². The van der Waals surface area contributed by atoms with Gasteiger partial charge in [-0.25, -0.2) is 8.42 Å². The molecule has 2 aromatic rings. The van der Waals surface area contributed by atoms with Crippen LogP contribution in [-0.4, -0.2) is 38.5 Å². The summed E-state index contributed by atoms with van der Waals surface area (Å²) in [5.41, 5.74) is -0.772. The third-order valence-electron chi connectivity index (χ3n) is 4.60. The molecule has 0 aromatic heterocycles. The molecule has 2 aromatic carbocycles. The second kappa shape index (κ2) is 6.03. The normalized spacial score (nSPS) is 26.0. The molecule has 6 heteroatoms. The van der Waals surface area contributed by atoms with Crippen molar-refractivity contribution in [3.8, 4) is 0 Å². The fourth-order valence-electron chi connectivity index (χ4n) is 3.48. The van der Waals surface area contributed by atoms with Crippen LogP contribution in [0.3, 0.4) is 0 Å². The topological polar surface area (TPSA) is 80.7 Å². The van der Waals surface area contributed by atoms with Gasteiger partial charge in [-0.2, -0.15) is 0 Å². The number of benzene rings is 2. The third kappa shape index (κ3) is 2.42. The fraction of sp³-hybridized carbons (Fsp3) is 0.278. The van der Waals surface area contributed by atoms with Gasteiger partial charge in [0.15, 0.2) is 9.84 Å². The highest BCUT2D eigenvalue weighted by Gasteiger charge is 2.76. The molecule has 0 amide bonds. The zero-order valence-corrected chi connectivity index (χ0v) is 13.9. The number of hydrogen-bond donors (Lipinski definition) is 1. The lowest BCUT2D eigenvalue weighted by atomic mass is 10.0. The van der Waals surface area contributed by atoms with Crippen molar-refractivity contribution in [3.05, 3.63) is 66.2 Å². The van der Waals surface area contributed by atoms with Crippen molar-refractivity contribution in [2.75, 3.05) is 13.7 Å². The number of methoxy groups -OCH3 is 1. The third-order valence-corrected chi connectivity index (χ3v) is 6.89. The Balaban J connectivity index is 2.12. The van der Waals surface area contributed by atoms with Crippen molar-refractivity contribution in [2.24, 2.45) is 5.41 Å². The molecule has 1 aliphatic carbocycles. The lowest BCUT2D eigenvalue weighted by Crippen LogP contribution is -2.28. The second-order valence-electron chi connectivity index (χ2n) is 5.95. The number of sulfone groups is 1. The SMILES string of the molecule is COC[C@]1(C(=O)O)[C@H](c2ccccc2)[C@H]1S(=O)(=O)c1ccccc1. The van der Waals surface area contributed by atoms with E-state index in [-0.39, 0.29) is 11.5 Å². The summed E-state index contributed by atoms with van der Waals surface area (Å²) in [4.78, 5) is 12.1. The lowest BCUT2D eigenvalue weighted by Gasteiger charge is -2.12. The van der Waals surface area contributed by atoms with Crippen LogP contribution in [0, 0.1) is 5.41 Å². The highest BCUT2D eigenvalue weighted by molar-refractivity contribution is 7.92. The maximum absolute atomic E-state index is 13.1. The van der Waals surface area contributed by atoms with Crippen molar-refractivity contribution in [2.45, 2.75) is 16.1 Å². The summed E-state index contributed by atoms with van der Waals surface area (Å²) < 4.78 is 31.2. The van der Waals surface area contributed by atoms with E-state index in [0.717, 1.165) is 0 Å². The Morgan fingerprint density at radius 2 is 1.62 bits per heavy atom. The molecule has 0 heterocycles. The molecule has 1 saturated carbocycles. The summed E-state index contributed by atoms with van der Waals surface area (Å²) >= 11 is 0. The molecule has 0 spiro atoms. The molecule has 0 unspecified atom stereocenters. The zero-order valence-electron chi connectivity index (χ0n) is 13.1. The van der Waals surface area contributed by atoms with Gasteiger partial charge in [0.1, 0.15) is 5.41 Å². The highest BCUT2D eigenvalue weighted by atomic mass is 32.2. The second-order valence-corrected chi connectivity index (χ2v) is 8.01.